The van der Waals surface area contributed by atoms with Gasteiger partial charge in [-0.2, -0.15) is 0 Å². The van der Waals surface area contributed by atoms with E-state index < -0.39 is 0 Å². The van der Waals surface area contributed by atoms with Gasteiger partial charge in [-0.25, -0.2) is 0 Å². The van der Waals surface area contributed by atoms with Crippen molar-refractivity contribution in [3.8, 4) is 0 Å². The molecule has 0 aliphatic carbocycles. The summed E-state index contributed by atoms with van der Waals surface area (Å²) >= 11 is 0. The van der Waals surface area contributed by atoms with Gasteiger partial charge < -0.3 is 19.9 Å². The van der Waals surface area contributed by atoms with Crippen molar-refractivity contribution in [3.63, 3.8) is 0 Å². The van der Waals surface area contributed by atoms with Crippen LogP contribution in [-0.4, -0.2) is 41.7 Å². The van der Waals surface area contributed by atoms with Gasteiger partial charge in [-0.3, -0.25) is 4.79 Å². The van der Waals surface area contributed by atoms with E-state index in [1.54, 1.807) is 0 Å². The topological polar surface area (TPSA) is 60.5 Å². The Hall–Kier alpha value is -2.01. The van der Waals surface area contributed by atoms with Gasteiger partial charge in [-0.05, 0) is 23.6 Å². The van der Waals surface area contributed by atoms with Crippen LogP contribution in [0.4, 0.5) is 5.69 Å². The first-order chi connectivity index (χ1) is 9.24. The van der Waals surface area contributed by atoms with Gasteiger partial charge in [0, 0.05) is 25.0 Å². The third-order valence-corrected chi connectivity index (χ3v) is 3.47. The fraction of sp³-hybridized carbons (Fsp3) is 0.357. The number of morpholine rings is 1. The van der Waals surface area contributed by atoms with Crippen molar-refractivity contribution in [2.45, 2.75) is 6.54 Å². The normalized spacial score (nSPS) is 15.9. The second-order valence-electron chi connectivity index (χ2n) is 4.76. The molecule has 0 radical (unpaired) electrons. The zero-order valence-corrected chi connectivity index (χ0v) is 10.7. The highest BCUT2D eigenvalue weighted by atomic mass is 16.5. The van der Waals surface area contributed by atoms with E-state index in [4.69, 9.17) is 10.5 Å². The van der Waals surface area contributed by atoms with Crippen molar-refractivity contribution in [2.24, 2.45) is 0 Å². The van der Waals surface area contributed by atoms with Crippen LogP contribution in [0.1, 0.15) is 0 Å². The lowest BCUT2D eigenvalue weighted by atomic mass is 10.2. The van der Waals surface area contributed by atoms with Crippen molar-refractivity contribution in [1.82, 2.24) is 9.47 Å². The monoisotopic (exact) mass is 259 g/mol. The largest absolute Gasteiger partial charge is 0.399 e. The molecular weight excluding hydrogens is 242 g/mol. The number of hydrogen-bond acceptors (Lipinski definition) is 3. The van der Waals surface area contributed by atoms with E-state index in [1.807, 2.05) is 39.9 Å². The summed E-state index contributed by atoms with van der Waals surface area (Å²) in [6.07, 6.45) is 1.93. The Morgan fingerprint density at radius 1 is 1.26 bits per heavy atom. The molecule has 100 valence electrons. The lowest BCUT2D eigenvalue weighted by Gasteiger charge is -2.27. The van der Waals surface area contributed by atoms with Gasteiger partial charge in [0.05, 0.1) is 18.7 Å². The van der Waals surface area contributed by atoms with Crippen LogP contribution < -0.4 is 5.73 Å². The van der Waals surface area contributed by atoms with Gasteiger partial charge in [-0.1, -0.05) is 6.07 Å². The summed E-state index contributed by atoms with van der Waals surface area (Å²) in [7, 11) is 0. The van der Waals surface area contributed by atoms with E-state index in [9.17, 15) is 4.79 Å². The van der Waals surface area contributed by atoms with Crippen LogP contribution in [0.25, 0.3) is 10.9 Å². The minimum Gasteiger partial charge on any atom is -0.399 e. The second kappa shape index (κ2) is 4.93. The van der Waals surface area contributed by atoms with Gasteiger partial charge in [-0.15, -0.1) is 0 Å². The van der Waals surface area contributed by atoms with Crippen molar-refractivity contribution in [1.29, 1.82) is 0 Å². The number of ether oxygens (including phenoxy) is 1. The molecule has 1 aliphatic rings. The third-order valence-electron chi connectivity index (χ3n) is 3.47. The first kappa shape index (κ1) is 12.0. The Kier molecular flexibility index (Phi) is 3.13. The minimum atomic E-state index is 0.128. The number of fused-ring (bicyclic) bond motifs is 1. The average Bonchev–Trinajstić information content (AvgIpc) is 2.82. The summed E-state index contributed by atoms with van der Waals surface area (Å²) in [5, 5.41) is 1.10. The van der Waals surface area contributed by atoms with Crippen molar-refractivity contribution < 1.29 is 9.53 Å². The van der Waals surface area contributed by atoms with Gasteiger partial charge in [0.1, 0.15) is 6.54 Å². The zero-order valence-electron chi connectivity index (χ0n) is 10.7. The molecule has 1 amide bonds. The Morgan fingerprint density at radius 3 is 2.84 bits per heavy atom. The van der Waals surface area contributed by atoms with Crippen LogP contribution in [0.3, 0.4) is 0 Å². The van der Waals surface area contributed by atoms with E-state index in [1.165, 1.54) is 0 Å². The average molecular weight is 259 g/mol. The predicted molar refractivity (Wildman–Crippen MR) is 73.7 cm³/mol. The number of nitrogen functional groups attached to an aromatic ring is 1. The first-order valence-electron chi connectivity index (χ1n) is 6.44. The number of carbonyl (C=O) groups is 1. The van der Waals surface area contributed by atoms with Crippen molar-refractivity contribution in [2.75, 3.05) is 32.0 Å². The minimum absolute atomic E-state index is 0.128. The molecule has 0 bridgehead atoms. The number of anilines is 1. The number of nitrogens with zero attached hydrogens (tertiary/aromatic N) is 2. The molecule has 1 fully saturated rings. The molecule has 2 N–H and O–H groups in total. The highest BCUT2D eigenvalue weighted by molar-refractivity contribution is 5.85. The molecule has 19 heavy (non-hydrogen) atoms. The smallest absolute Gasteiger partial charge is 0.242 e. The summed E-state index contributed by atoms with van der Waals surface area (Å²) in [5.41, 5.74) is 7.52. The molecule has 5 nitrogen and oxygen atoms in total. The molecule has 1 aliphatic heterocycles. The van der Waals surface area contributed by atoms with Crippen molar-refractivity contribution >= 4 is 22.5 Å². The molecule has 0 saturated carbocycles. The van der Waals surface area contributed by atoms with Gasteiger partial charge >= 0.3 is 0 Å². The second-order valence-corrected chi connectivity index (χ2v) is 4.76. The molecular formula is C14H17N3O2. The van der Waals surface area contributed by atoms with Gasteiger partial charge in [0.15, 0.2) is 0 Å². The number of hydrogen-bond donors (Lipinski definition) is 1. The molecule has 3 rings (SSSR count). The number of rotatable bonds is 2. The van der Waals surface area contributed by atoms with E-state index in [0.717, 1.165) is 10.9 Å². The zero-order chi connectivity index (χ0) is 13.2. The van der Waals surface area contributed by atoms with Crippen LogP contribution in [0.2, 0.25) is 0 Å². The van der Waals surface area contributed by atoms with E-state index in [0.29, 0.717) is 38.5 Å². The predicted octanol–water partition coefficient (Wildman–Crippen LogP) is 1.08. The summed E-state index contributed by atoms with van der Waals surface area (Å²) in [4.78, 5) is 14.1. The maximum atomic E-state index is 12.2. The molecule has 1 aromatic heterocycles. The Labute approximate surface area is 111 Å². The van der Waals surface area contributed by atoms with Gasteiger partial charge in [0.25, 0.3) is 0 Å². The highest BCUT2D eigenvalue weighted by Gasteiger charge is 2.17. The standard InChI is InChI=1S/C14H17N3O2/c15-12-2-1-11-3-4-17(13(11)9-12)10-14(18)16-5-7-19-8-6-16/h1-4,9H,5-8,10,15H2. The number of amides is 1. The summed E-state index contributed by atoms with van der Waals surface area (Å²) in [6, 6.07) is 7.75. The number of benzene rings is 1. The lowest BCUT2D eigenvalue weighted by Crippen LogP contribution is -2.42. The summed E-state index contributed by atoms with van der Waals surface area (Å²) < 4.78 is 7.20. The first-order valence-corrected chi connectivity index (χ1v) is 6.44. The Morgan fingerprint density at radius 2 is 2.05 bits per heavy atom. The summed E-state index contributed by atoms with van der Waals surface area (Å²) in [6.45, 7) is 2.98. The lowest BCUT2D eigenvalue weighted by molar-refractivity contribution is -0.135. The van der Waals surface area contributed by atoms with Crippen LogP contribution in [0.15, 0.2) is 30.5 Å². The molecule has 2 heterocycles. The number of carbonyl (C=O) groups excluding carboxylic acids is 1. The van der Waals surface area contributed by atoms with Crippen LogP contribution in [0, 0.1) is 0 Å². The van der Waals surface area contributed by atoms with E-state index in [-0.39, 0.29) is 5.91 Å². The Bertz CT molecular complexity index is 600. The molecule has 0 spiro atoms. The number of aromatic nitrogens is 1. The van der Waals surface area contributed by atoms with Gasteiger partial charge in [0.2, 0.25) is 5.91 Å². The molecule has 1 aromatic carbocycles. The number of nitrogens with two attached hydrogens (primary N) is 1. The molecule has 5 heteroatoms. The summed E-state index contributed by atoms with van der Waals surface area (Å²) in [5.74, 6) is 0.128. The van der Waals surface area contributed by atoms with E-state index >= 15 is 0 Å². The Balaban J connectivity index is 1.80. The molecule has 0 unspecified atom stereocenters. The van der Waals surface area contributed by atoms with Crippen LogP contribution in [0.5, 0.6) is 0 Å². The third kappa shape index (κ3) is 2.42. The molecule has 1 saturated heterocycles. The highest BCUT2D eigenvalue weighted by Crippen LogP contribution is 2.19. The van der Waals surface area contributed by atoms with Crippen LogP contribution in [-0.2, 0) is 16.1 Å². The van der Waals surface area contributed by atoms with E-state index in [2.05, 4.69) is 0 Å². The maximum absolute atomic E-state index is 12.2. The van der Waals surface area contributed by atoms with Crippen molar-refractivity contribution in [3.05, 3.63) is 30.5 Å². The quantitative estimate of drug-likeness (QED) is 0.821. The fourth-order valence-electron chi connectivity index (χ4n) is 2.40. The fourth-order valence-corrected chi connectivity index (χ4v) is 2.40. The SMILES string of the molecule is Nc1ccc2ccn(CC(=O)N3CCOCC3)c2c1. The molecule has 0 atom stereocenters. The van der Waals surface area contributed by atoms with Crippen LogP contribution >= 0.6 is 0 Å². The maximum Gasteiger partial charge on any atom is 0.242 e. The molecule has 2 aromatic rings.